The molecule has 1 aromatic rings. The van der Waals surface area contributed by atoms with E-state index in [0.29, 0.717) is 6.04 Å². The molecule has 0 aliphatic carbocycles. The molecule has 1 aliphatic rings. The molecule has 1 atom stereocenters. The van der Waals surface area contributed by atoms with Gasteiger partial charge in [0.05, 0.1) is 0 Å². The maximum absolute atomic E-state index is 3.55. The van der Waals surface area contributed by atoms with Crippen LogP contribution in [0.25, 0.3) is 0 Å². The lowest BCUT2D eigenvalue weighted by Gasteiger charge is -2.27. The van der Waals surface area contributed by atoms with E-state index in [-0.39, 0.29) is 12.4 Å². The molecule has 0 amide bonds. The zero-order valence-corrected chi connectivity index (χ0v) is 10.2. The first-order chi connectivity index (χ1) is 6.79. The van der Waals surface area contributed by atoms with E-state index in [4.69, 9.17) is 0 Å². The molecule has 0 aromatic heterocycles. The molecule has 1 fully saturated rings. The highest BCUT2D eigenvalue weighted by molar-refractivity contribution is 5.85. The van der Waals surface area contributed by atoms with Gasteiger partial charge in [-0.2, -0.15) is 0 Å². The van der Waals surface area contributed by atoms with Crippen molar-refractivity contribution in [2.45, 2.75) is 19.9 Å². The second-order valence-corrected chi connectivity index (χ2v) is 4.02. The summed E-state index contributed by atoms with van der Waals surface area (Å²) in [5, 5.41) is 6.98. The number of rotatable bonds is 1. The monoisotopic (exact) mass is 226 g/mol. The van der Waals surface area contributed by atoms with Crippen LogP contribution in [0.2, 0.25) is 0 Å². The van der Waals surface area contributed by atoms with Crippen molar-refractivity contribution in [2.24, 2.45) is 0 Å². The van der Waals surface area contributed by atoms with Crippen molar-refractivity contribution in [2.75, 3.05) is 19.6 Å². The number of hydrogen-bond acceptors (Lipinski definition) is 2. The maximum atomic E-state index is 3.55. The average molecular weight is 227 g/mol. The van der Waals surface area contributed by atoms with Crippen molar-refractivity contribution in [3.63, 3.8) is 0 Å². The first-order valence-corrected chi connectivity index (χ1v) is 5.29. The van der Waals surface area contributed by atoms with Gasteiger partial charge in [0.15, 0.2) is 0 Å². The lowest BCUT2D eigenvalue weighted by atomic mass is 9.95. The lowest BCUT2D eigenvalue weighted by Crippen LogP contribution is -2.43. The summed E-state index contributed by atoms with van der Waals surface area (Å²) in [6.45, 7) is 7.59. The number of benzene rings is 1. The Hall–Kier alpha value is -0.570. The Morgan fingerprint density at radius 1 is 1.13 bits per heavy atom. The molecule has 1 aromatic carbocycles. The zero-order chi connectivity index (χ0) is 9.97. The third-order valence-corrected chi connectivity index (χ3v) is 2.93. The van der Waals surface area contributed by atoms with Crippen LogP contribution in [0.1, 0.15) is 22.7 Å². The topological polar surface area (TPSA) is 24.1 Å². The van der Waals surface area contributed by atoms with E-state index in [1.54, 1.807) is 0 Å². The fourth-order valence-corrected chi connectivity index (χ4v) is 2.23. The molecule has 1 saturated heterocycles. The third kappa shape index (κ3) is 2.71. The number of aryl methyl sites for hydroxylation is 2. The van der Waals surface area contributed by atoms with Crippen molar-refractivity contribution < 1.29 is 0 Å². The van der Waals surface area contributed by atoms with Crippen LogP contribution in [0.3, 0.4) is 0 Å². The second-order valence-electron chi connectivity index (χ2n) is 4.02. The van der Waals surface area contributed by atoms with Crippen LogP contribution in [0, 0.1) is 13.8 Å². The summed E-state index contributed by atoms with van der Waals surface area (Å²) in [4.78, 5) is 0. The van der Waals surface area contributed by atoms with E-state index in [2.05, 4.69) is 42.7 Å². The molecular formula is C12H19ClN2. The van der Waals surface area contributed by atoms with Gasteiger partial charge in [-0.15, -0.1) is 12.4 Å². The normalized spacial score (nSPS) is 20.8. The molecule has 0 saturated carbocycles. The fourth-order valence-electron chi connectivity index (χ4n) is 2.23. The molecule has 3 heteroatoms. The van der Waals surface area contributed by atoms with Crippen LogP contribution in [0.15, 0.2) is 18.2 Å². The van der Waals surface area contributed by atoms with Gasteiger partial charge in [0.25, 0.3) is 0 Å². The molecule has 1 heterocycles. The van der Waals surface area contributed by atoms with Gasteiger partial charge in [-0.25, -0.2) is 0 Å². The van der Waals surface area contributed by atoms with Gasteiger partial charge in [0.1, 0.15) is 0 Å². The highest BCUT2D eigenvalue weighted by atomic mass is 35.5. The molecule has 15 heavy (non-hydrogen) atoms. The first kappa shape index (κ1) is 12.5. The van der Waals surface area contributed by atoms with E-state index in [0.717, 1.165) is 19.6 Å². The van der Waals surface area contributed by atoms with Crippen LogP contribution >= 0.6 is 12.4 Å². The van der Waals surface area contributed by atoms with E-state index in [1.165, 1.54) is 16.7 Å². The summed E-state index contributed by atoms with van der Waals surface area (Å²) in [6, 6.07) is 7.01. The quantitative estimate of drug-likeness (QED) is 0.765. The first-order valence-electron chi connectivity index (χ1n) is 5.29. The van der Waals surface area contributed by atoms with Crippen molar-refractivity contribution in [3.05, 3.63) is 34.9 Å². The molecule has 0 unspecified atom stereocenters. The van der Waals surface area contributed by atoms with E-state index in [1.807, 2.05) is 0 Å². The molecular weight excluding hydrogens is 208 g/mol. The minimum absolute atomic E-state index is 0. The second kappa shape index (κ2) is 5.50. The largest absolute Gasteiger partial charge is 0.314 e. The Kier molecular flexibility index (Phi) is 4.58. The molecule has 0 bridgehead atoms. The predicted octanol–water partition coefficient (Wildman–Crippen LogP) is 1.96. The van der Waals surface area contributed by atoms with Crippen LogP contribution in [-0.2, 0) is 0 Å². The molecule has 84 valence electrons. The van der Waals surface area contributed by atoms with E-state index < -0.39 is 0 Å². The van der Waals surface area contributed by atoms with Crippen molar-refractivity contribution >= 4 is 12.4 Å². The predicted molar refractivity (Wildman–Crippen MR) is 66.8 cm³/mol. The van der Waals surface area contributed by atoms with Gasteiger partial charge in [-0.1, -0.05) is 18.2 Å². The van der Waals surface area contributed by atoms with Crippen LogP contribution < -0.4 is 10.6 Å². The van der Waals surface area contributed by atoms with Gasteiger partial charge in [-0.3, -0.25) is 0 Å². The van der Waals surface area contributed by atoms with Crippen molar-refractivity contribution in [3.8, 4) is 0 Å². The summed E-state index contributed by atoms with van der Waals surface area (Å²) in [6.07, 6.45) is 0. The van der Waals surface area contributed by atoms with Crippen molar-refractivity contribution in [1.82, 2.24) is 10.6 Å². The number of nitrogens with one attached hydrogen (secondary N) is 2. The van der Waals surface area contributed by atoms with Crippen LogP contribution in [0.5, 0.6) is 0 Å². The van der Waals surface area contributed by atoms with Gasteiger partial charge in [0, 0.05) is 25.7 Å². The summed E-state index contributed by atoms with van der Waals surface area (Å²) in [5.74, 6) is 0. The molecule has 2 rings (SSSR count). The van der Waals surface area contributed by atoms with Gasteiger partial charge in [-0.05, 0) is 30.5 Å². The molecule has 0 spiro atoms. The Labute approximate surface area is 97.9 Å². The minimum Gasteiger partial charge on any atom is -0.314 e. The third-order valence-electron chi connectivity index (χ3n) is 2.93. The number of piperazine rings is 1. The van der Waals surface area contributed by atoms with E-state index in [9.17, 15) is 0 Å². The Balaban J connectivity index is 0.00000112. The van der Waals surface area contributed by atoms with Gasteiger partial charge in [0.2, 0.25) is 0 Å². The standard InChI is InChI=1S/C12H18N2.ClH/c1-9-4-3-5-10(2)12(9)11-8-13-6-7-14-11;/h3-5,11,13-14H,6-8H2,1-2H3;1H/t11-;/m0./s1. The number of halogens is 1. The lowest BCUT2D eigenvalue weighted by molar-refractivity contribution is 0.428. The molecule has 2 nitrogen and oxygen atoms in total. The highest BCUT2D eigenvalue weighted by Gasteiger charge is 2.17. The average Bonchev–Trinajstić information content (AvgIpc) is 2.19. The van der Waals surface area contributed by atoms with Gasteiger partial charge >= 0.3 is 0 Å². The maximum Gasteiger partial charge on any atom is 0.0452 e. The van der Waals surface area contributed by atoms with Crippen LogP contribution in [0.4, 0.5) is 0 Å². The summed E-state index contributed by atoms with van der Waals surface area (Å²) < 4.78 is 0. The molecule has 0 radical (unpaired) electrons. The summed E-state index contributed by atoms with van der Waals surface area (Å²) in [5.41, 5.74) is 4.26. The highest BCUT2D eigenvalue weighted by Crippen LogP contribution is 2.21. The Morgan fingerprint density at radius 3 is 2.33 bits per heavy atom. The van der Waals surface area contributed by atoms with Gasteiger partial charge < -0.3 is 10.6 Å². The fraction of sp³-hybridized carbons (Fsp3) is 0.500. The minimum atomic E-state index is 0. The number of hydrogen-bond donors (Lipinski definition) is 2. The van der Waals surface area contributed by atoms with Crippen LogP contribution in [-0.4, -0.2) is 19.6 Å². The summed E-state index contributed by atoms with van der Waals surface area (Å²) >= 11 is 0. The van der Waals surface area contributed by atoms with E-state index >= 15 is 0 Å². The Morgan fingerprint density at radius 2 is 1.80 bits per heavy atom. The summed E-state index contributed by atoms with van der Waals surface area (Å²) in [7, 11) is 0. The zero-order valence-electron chi connectivity index (χ0n) is 9.34. The SMILES string of the molecule is Cc1cccc(C)c1[C@@H]1CNCCN1.Cl. The molecule has 2 N–H and O–H groups in total. The smallest absolute Gasteiger partial charge is 0.0452 e. The Bertz CT molecular complexity index is 299. The van der Waals surface area contributed by atoms with Crippen molar-refractivity contribution in [1.29, 1.82) is 0 Å². The molecule has 1 aliphatic heterocycles.